The monoisotopic (exact) mass is 262 g/mol. The van der Waals surface area contributed by atoms with Gasteiger partial charge in [0.1, 0.15) is 11.3 Å². The molecule has 2 aromatic rings. The Kier molecular flexibility index (Phi) is 4.24. The quantitative estimate of drug-likeness (QED) is 0.834. The van der Waals surface area contributed by atoms with E-state index in [0.29, 0.717) is 19.6 Å². The number of hydrogen-bond donors (Lipinski definition) is 2. The van der Waals surface area contributed by atoms with Crippen LogP contribution < -0.4 is 5.32 Å². The molecular formula is C15H22N2O2. The van der Waals surface area contributed by atoms with Crippen LogP contribution in [0.15, 0.2) is 34.7 Å². The standard InChI is InChI=1S/C15H22N2O2/c1-15(18,11-17(2)3)10-16-9-13-8-12-6-4-5-7-14(12)19-13/h4-8,16,18H,9-11H2,1-3H3. The zero-order valence-corrected chi connectivity index (χ0v) is 11.8. The van der Waals surface area contributed by atoms with E-state index in [0.717, 1.165) is 16.7 Å². The number of nitrogens with one attached hydrogen (secondary N) is 1. The lowest BCUT2D eigenvalue weighted by atomic mass is 10.1. The number of aliphatic hydroxyl groups is 1. The van der Waals surface area contributed by atoms with E-state index in [1.54, 1.807) is 0 Å². The SMILES string of the molecule is CN(C)CC(C)(O)CNCc1cc2ccccc2o1. The van der Waals surface area contributed by atoms with E-state index in [1.165, 1.54) is 0 Å². The number of furan rings is 1. The van der Waals surface area contributed by atoms with Crippen molar-refractivity contribution in [1.82, 2.24) is 10.2 Å². The van der Waals surface area contributed by atoms with Gasteiger partial charge < -0.3 is 19.7 Å². The lowest BCUT2D eigenvalue weighted by Gasteiger charge is -2.27. The molecule has 0 aliphatic carbocycles. The van der Waals surface area contributed by atoms with Crippen molar-refractivity contribution in [2.75, 3.05) is 27.2 Å². The van der Waals surface area contributed by atoms with Gasteiger partial charge in [0.2, 0.25) is 0 Å². The first kappa shape index (κ1) is 14.1. The molecule has 2 N–H and O–H groups in total. The lowest BCUT2D eigenvalue weighted by molar-refractivity contribution is 0.0333. The van der Waals surface area contributed by atoms with Crippen LogP contribution in [0, 0.1) is 0 Å². The van der Waals surface area contributed by atoms with Crippen molar-refractivity contribution in [3.8, 4) is 0 Å². The summed E-state index contributed by atoms with van der Waals surface area (Å²) in [5.74, 6) is 0.891. The third-order valence-corrected chi connectivity index (χ3v) is 2.94. The highest BCUT2D eigenvalue weighted by Crippen LogP contribution is 2.18. The van der Waals surface area contributed by atoms with Crippen LogP contribution in [-0.4, -0.2) is 42.8 Å². The highest BCUT2D eigenvalue weighted by Gasteiger charge is 2.20. The molecule has 19 heavy (non-hydrogen) atoms. The second-order valence-corrected chi connectivity index (χ2v) is 5.59. The van der Waals surface area contributed by atoms with E-state index in [-0.39, 0.29) is 0 Å². The summed E-state index contributed by atoms with van der Waals surface area (Å²) in [5, 5.41) is 14.5. The number of likely N-dealkylation sites (N-methyl/N-ethyl adjacent to an activating group) is 1. The summed E-state index contributed by atoms with van der Waals surface area (Å²) in [6.07, 6.45) is 0. The molecule has 0 amide bonds. The summed E-state index contributed by atoms with van der Waals surface area (Å²) in [6.45, 7) is 3.61. The van der Waals surface area contributed by atoms with Crippen molar-refractivity contribution in [1.29, 1.82) is 0 Å². The molecule has 104 valence electrons. The Hall–Kier alpha value is -1.36. The molecule has 1 aromatic heterocycles. The Morgan fingerprint density at radius 3 is 2.74 bits per heavy atom. The van der Waals surface area contributed by atoms with Gasteiger partial charge in [-0.2, -0.15) is 0 Å². The van der Waals surface area contributed by atoms with Crippen LogP contribution >= 0.6 is 0 Å². The summed E-state index contributed by atoms with van der Waals surface area (Å²) < 4.78 is 5.71. The van der Waals surface area contributed by atoms with Crippen LogP contribution in [0.1, 0.15) is 12.7 Å². The Balaban J connectivity index is 1.88. The molecular weight excluding hydrogens is 240 g/mol. The molecule has 1 atom stereocenters. The lowest BCUT2D eigenvalue weighted by Crippen LogP contribution is -2.45. The molecule has 4 heteroatoms. The molecule has 0 fully saturated rings. The van der Waals surface area contributed by atoms with Crippen molar-refractivity contribution in [2.45, 2.75) is 19.1 Å². The zero-order chi connectivity index (χ0) is 13.9. The van der Waals surface area contributed by atoms with Gasteiger partial charge in [0.15, 0.2) is 0 Å². The van der Waals surface area contributed by atoms with Crippen LogP contribution in [0.2, 0.25) is 0 Å². The Morgan fingerprint density at radius 2 is 2.05 bits per heavy atom. The van der Waals surface area contributed by atoms with Gasteiger partial charge in [0.25, 0.3) is 0 Å². The Morgan fingerprint density at radius 1 is 1.32 bits per heavy atom. The zero-order valence-electron chi connectivity index (χ0n) is 11.8. The fourth-order valence-corrected chi connectivity index (χ4v) is 2.32. The molecule has 1 heterocycles. The molecule has 0 saturated carbocycles. The van der Waals surface area contributed by atoms with Crippen molar-refractivity contribution in [3.63, 3.8) is 0 Å². The molecule has 0 bridgehead atoms. The average Bonchev–Trinajstić information content (AvgIpc) is 2.69. The van der Waals surface area contributed by atoms with Gasteiger partial charge in [-0.3, -0.25) is 0 Å². The second-order valence-electron chi connectivity index (χ2n) is 5.59. The van der Waals surface area contributed by atoms with E-state index in [4.69, 9.17) is 4.42 Å². The highest BCUT2D eigenvalue weighted by molar-refractivity contribution is 5.77. The predicted molar refractivity (Wildman–Crippen MR) is 77.1 cm³/mol. The minimum atomic E-state index is -0.741. The van der Waals surface area contributed by atoms with Gasteiger partial charge in [-0.1, -0.05) is 18.2 Å². The molecule has 4 nitrogen and oxygen atoms in total. The average molecular weight is 262 g/mol. The van der Waals surface area contributed by atoms with Crippen molar-refractivity contribution in [3.05, 3.63) is 36.1 Å². The molecule has 0 aliphatic heterocycles. The topological polar surface area (TPSA) is 48.6 Å². The van der Waals surface area contributed by atoms with Crippen molar-refractivity contribution < 1.29 is 9.52 Å². The minimum Gasteiger partial charge on any atom is -0.460 e. The number of fused-ring (bicyclic) bond motifs is 1. The summed E-state index contributed by atoms with van der Waals surface area (Å²) >= 11 is 0. The first-order valence-corrected chi connectivity index (χ1v) is 6.51. The largest absolute Gasteiger partial charge is 0.460 e. The van der Waals surface area contributed by atoms with E-state index in [1.807, 2.05) is 56.3 Å². The fraction of sp³-hybridized carbons (Fsp3) is 0.467. The van der Waals surface area contributed by atoms with Crippen LogP contribution in [0.25, 0.3) is 11.0 Å². The maximum Gasteiger partial charge on any atom is 0.134 e. The minimum absolute atomic E-state index is 0.530. The van der Waals surface area contributed by atoms with E-state index < -0.39 is 5.60 Å². The predicted octanol–water partition coefficient (Wildman–Crippen LogP) is 1.83. The summed E-state index contributed by atoms with van der Waals surface area (Å²) in [5.41, 5.74) is 0.162. The fourth-order valence-electron chi connectivity index (χ4n) is 2.32. The van der Waals surface area contributed by atoms with Crippen molar-refractivity contribution in [2.24, 2.45) is 0 Å². The number of benzene rings is 1. The van der Waals surface area contributed by atoms with Crippen LogP contribution in [0.4, 0.5) is 0 Å². The van der Waals surface area contributed by atoms with Gasteiger partial charge in [0.05, 0.1) is 12.1 Å². The molecule has 0 radical (unpaired) electrons. The number of nitrogens with zero attached hydrogens (tertiary/aromatic N) is 1. The Labute approximate surface area is 114 Å². The van der Waals surface area contributed by atoms with Crippen molar-refractivity contribution >= 4 is 11.0 Å². The van der Waals surface area contributed by atoms with Crippen LogP contribution in [-0.2, 0) is 6.54 Å². The molecule has 1 unspecified atom stereocenters. The van der Waals surface area contributed by atoms with Crippen LogP contribution in [0.3, 0.4) is 0 Å². The third-order valence-electron chi connectivity index (χ3n) is 2.94. The molecule has 0 spiro atoms. The third kappa shape index (κ3) is 4.06. The van der Waals surface area contributed by atoms with Gasteiger partial charge in [-0.15, -0.1) is 0 Å². The molecule has 1 aromatic carbocycles. The summed E-state index contributed by atoms with van der Waals surface area (Å²) in [7, 11) is 3.90. The summed E-state index contributed by atoms with van der Waals surface area (Å²) in [4.78, 5) is 1.98. The number of rotatable bonds is 6. The Bertz CT molecular complexity index is 499. The van der Waals surface area contributed by atoms with E-state index >= 15 is 0 Å². The van der Waals surface area contributed by atoms with E-state index in [9.17, 15) is 5.11 Å². The van der Waals surface area contributed by atoms with E-state index in [2.05, 4.69) is 5.32 Å². The number of para-hydroxylation sites is 1. The normalized spacial score (nSPS) is 15.0. The van der Waals surface area contributed by atoms with Crippen LogP contribution in [0.5, 0.6) is 0 Å². The molecule has 2 rings (SSSR count). The maximum absolute atomic E-state index is 10.2. The first-order chi connectivity index (χ1) is 8.96. The van der Waals surface area contributed by atoms with Gasteiger partial charge in [-0.25, -0.2) is 0 Å². The smallest absolute Gasteiger partial charge is 0.134 e. The second kappa shape index (κ2) is 5.74. The maximum atomic E-state index is 10.2. The van der Waals surface area contributed by atoms with Gasteiger partial charge in [0, 0.05) is 18.5 Å². The number of hydrogen-bond acceptors (Lipinski definition) is 4. The first-order valence-electron chi connectivity index (χ1n) is 6.51. The molecule has 0 saturated heterocycles. The van der Waals surface area contributed by atoms with Gasteiger partial charge in [-0.05, 0) is 33.2 Å². The summed E-state index contributed by atoms with van der Waals surface area (Å²) in [6, 6.07) is 9.98. The molecule has 0 aliphatic rings. The van der Waals surface area contributed by atoms with Gasteiger partial charge >= 0.3 is 0 Å². The highest BCUT2D eigenvalue weighted by atomic mass is 16.3.